The molecule has 2 N–H and O–H groups in total. The number of nitrogens with two attached hydrogens (primary N) is 1. The van der Waals surface area contributed by atoms with E-state index in [1.807, 2.05) is 0 Å². The predicted molar refractivity (Wildman–Crippen MR) is 85.7 cm³/mol. The summed E-state index contributed by atoms with van der Waals surface area (Å²) in [4.78, 5) is 4.96. The SMILES string of the molecule is CN1CC(CCN)N(c2ccccc2Br)CC1(C)C. The summed E-state index contributed by atoms with van der Waals surface area (Å²) >= 11 is 3.68. The zero-order valence-electron chi connectivity index (χ0n) is 12.1. The van der Waals surface area contributed by atoms with E-state index < -0.39 is 0 Å². The lowest BCUT2D eigenvalue weighted by Crippen LogP contribution is -2.62. The second-order valence-corrected chi connectivity index (χ2v) is 6.86. The molecular formula is C15H24BrN3. The Morgan fingerprint density at radius 2 is 2.05 bits per heavy atom. The Labute approximate surface area is 124 Å². The van der Waals surface area contributed by atoms with Crippen LogP contribution in [0.15, 0.2) is 28.7 Å². The first-order valence-electron chi connectivity index (χ1n) is 6.88. The van der Waals surface area contributed by atoms with Gasteiger partial charge in [-0.15, -0.1) is 0 Å². The highest BCUT2D eigenvalue weighted by Gasteiger charge is 2.37. The average Bonchev–Trinajstić information content (AvgIpc) is 2.35. The number of hydrogen-bond donors (Lipinski definition) is 1. The van der Waals surface area contributed by atoms with Gasteiger partial charge in [0.05, 0.1) is 5.69 Å². The van der Waals surface area contributed by atoms with Gasteiger partial charge in [0.2, 0.25) is 0 Å². The van der Waals surface area contributed by atoms with E-state index in [1.165, 1.54) is 5.69 Å². The second-order valence-electron chi connectivity index (χ2n) is 6.00. The van der Waals surface area contributed by atoms with Crippen LogP contribution in [0.5, 0.6) is 0 Å². The molecular weight excluding hydrogens is 302 g/mol. The third-order valence-electron chi connectivity index (χ3n) is 4.18. The summed E-state index contributed by atoms with van der Waals surface area (Å²) in [6.45, 7) is 7.42. The van der Waals surface area contributed by atoms with Crippen molar-refractivity contribution in [1.82, 2.24) is 4.90 Å². The summed E-state index contributed by atoms with van der Waals surface area (Å²) in [6.07, 6.45) is 1.03. The van der Waals surface area contributed by atoms with Crippen molar-refractivity contribution < 1.29 is 0 Å². The van der Waals surface area contributed by atoms with E-state index in [2.05, 4.69) is 70.9 Å². The van der Waals surface area contributed by atoms with E-state index in [9.17, 15) is 0 Å². The van der Waals surface area contributed by atoms with Crippen LogP contribution in [0.1, 0.15) is 20.3 Å². The largest absolute Gasteiger partial charge is 0.364 e. The zero-order chi connectivity index (χ0) is 14.0. The van der Waals surface area contributed by atoms with Gasteiger partial charge in [-0.2, -0.15) is 0 Å². The molecule has 0 aliphatic carbocycles. The quantitative estimate of drug-likeness (QED) is 0.927. The summed E-state index contributed by atoms with van der Waals surface area (Å²) in [5, 5.41) is 0. The number of rotatable bonds is 3. The molecule has 3 nitrogen and oxygen atoms in total. The van der Waals surface area contributed by atoms with Gasteiger partial charge in [-0.25, -0.2) is 0 Å². The number of anilines is 1. The molecule has 1 aliphatic rings. The van der Waals surface area contributed by atoms with Gasteiger partial charge in [-0.1, -0.05) is 12.1 Å². The first kappa shape index (κ1) is 14.8. The van der Waals surface area contributed by atoms with E-state index in [0.717, 1.165) is 30.5 Å². The number of benzene rings is 1. The minimum Gasteiger partial charge on any atom is -0.364 e. The summed E-state index contributed by atoms with van der Waals surface area (Å²) in [5.41, 5.74) is 7.25. The Bertz CT molecular complexity index is 433. The molecule has 4 heteroatoms. The average molecular weight is 326 g/mol. The van der Waals surface area contributed by atoms with E-state index in [-0.39, 0.29) is 5.54 Å². The van der Waals surface area contributed by atoms with Gasteiger partial charge >= 0.3 is 0 Å². The topological polar surface area (TPSA) is 32.5 Å². The van der Waals surface area contributed by atoms with Crippen molar-refractivity contribution in [2.24, 2.45) is 5.73 Å². The van der Waals surface area contributed by atoms with Crippen LogP contribution in [0.2, 0.25) is 0 Å². The number of para-hydroxylation sites is 1. The molecule has 0 saturated carbocycles. The van der Waals surface area contributed by atoms with Crippen LogP contribution >= 0.6 is 15.9 Å². The normalized spacial score (nSPS) is 23.6. The Hall–Kier alpha value is -0.580. The zero-order valence-corrected chi connectivity index (χ0v) is 13.7. The lowest BCUT2D eigenvalue weighted by molar-refractivity contribution is 0.113. The maximum absolute atomic E-state index is 5.79. The minimum absolute atomic E-state index is 0.181. The van der Waals surface area contributed by atoms with Gasteiger partial charge in [0, 0.05) is 29.1 Å². The molecule has 1 unspecified atom stereocenters. The molecule has 1 saturated heterocycles. The van der Waals surface area contributed by atoms with Crippen LogP contribution in [0, 0.1) is 0 Å². The van der Waals surface area contributed by atoms with E-state index in [1.54, 1.807) is 0 Å². The van der Waals surface area contributed by atoms with E-state index >= 15 is 0 Å². The first-order chi connectivity index (χ1) is 8.95. The number of piperazine rings is 1. The fourth-order valence-electron chi connectivity index (χ4n) is 2.73. The van der Waals surface area contributed by atoms with Crippen molar-refractivity contribution in [2.75, 3.05) is 31.6 Å². The summed E-state index contributed by atoms with van der Waals surface area (Å²) in [6, 6.07) is 8.95. The maximum Gasteiger partial charge on any atom is 0.0514 e. The molecule has 1 aliphatic heterocycles. The highest BCUT2D eigenvalue weighted by molar-refractivity contribution is 9.10. The highest BCUT2D eigenvalue weighted by Crippen LogP contribution is 2.33. The monoisotopic (exact) mass is 325 g/mol. The fraction of sp³-hybridized carbons (Fsp3) is 0.600. The van der Waals surface area contributed by atoms with Crippen LogP contribution < -0.4 is 10.6 Å². The first-order valence-corrected chi connectivity index (χ1v) is 7.67. The van der Waals surface area contributed by atoms with E-state index in [0.29, 0.717) is 6.04 Å². The summed E-state index contributed by atoms with van der Waals surface area (Å²) < 4.78 is 1.16. The van der Waals surface area contributed by atoms with Gasteiger partial charge in [0.15, 0.2) is 0 Å². The smallest absolute Gasteiger partial charge is 0.0514 e. The molecule has 0 aromatic heterocycles. The van der Waals surface area contributed by atoms with Crippen LogP contribution in [0.25, 0.3) is 0 Å². The van der Waals surface area contributed by atoms with Crippen molar-refractivity contribution in [3.63, 3.8) is 0 Å². The van der Waals surface area contributed by atoms with Crippen LogP contribution in [0.3, 0.4) is 0 Å². The number of halogens is 1. The molecule has 2 rings (SSSR count). The molecule has 19 heavy (non-hydrogen) atoms. The molecule has 1 atom stereocenters. The Morgan fingerprint density at radius 3 is 2.68 bits per heavy atom. The third kappa shape index (κ3) is 3.12. The second kappa shape index (κ2) is 5.81. The molecule has 1 aromatic rings. The van der Waals surface area contributed by atoms with Crippen molar-refractivity contribution in [1.29, 1.82) is 0 Å². The Balaban J connectivity index is 2.31. The van der Waals surface area contributed by atoms with Gasteiger partial charge < -0.3 is 10.6 Å². The van der Waals surface area contributed by atoms with Gasteiger partial charge in [-0.05, 0) is 61.9 Å². The molecule has 0 bridgehead atoms. The molecule has 0 spiro atoms. The van der Waals surface area contributed by atoms with Gasteiger partial charge in [0.25, 0.3) is 0 Å². The lowest BCUT2D eigenvalue weighted by atomic mass is 9.94. The third-order valence-corrected chi connectivity index (χ3v) is 4.85. The number of hydrogen-bond acceptors (Lipinski definition) is 3. The Kier molecular flexibility index (Phi) is 4.54. The van der Waals surface area contributed by atoms with E-state index in [4.69, 9.17) is 5.73 Å². The molecule has 1 aromatic carbocycles. The maximum atomic E-state index is 5.79. The van der Waals surface area contributed by atoms with Crippen LogP contribution in [-0.4, -0.2) is 43.2 Å². The molecule has 0 amide bonds. The van der Waals surface area contributed by atoms with Crippen molar-refractivity contribution in [3.8, 4) is 0 Å². The number of likely N-dealkylation sites (N-methyl/N-ethyl adjacent to an activating group) is 1. The number of nitrogens with zero attached hydrogens (tertiary/aromatic N) is 2. The molecule has 1 heterocycles. The lowest BCUT2D eigenvalue weighted by Gasteiger charge is -2.51. The van der Waals surface area contributed by atoms with Gasteiger partial charge in [-0.3, -0.25) is 4.90 Å². The highest BCUT2D eigenvalue weighted by atomic mass is 79.9. The predicted octanol–water partition coefficient (Wildman–Crippen LogP) is 2.70. The van der Waals surface area contributed by atoms with Crippen molar-refractivity contribution in [2.45, 2.75) is 31.8 Å². The summed E-state index contributed by atoms with van der Waals surface area (Å²) in [7, 11) is 2.21. The van der Waals surface area contributed by atoms with Crippen molar-refractivity contribution >= 4 is 21.6 Å². The molecule has 0 radical (unpaired) electrons. The standard InChI is InChI=1S/C15H24BrN3/c1-15(2)11-19(12(8-9-17)10-18(15)3)14-7-5-4-6-13(14)16/h4-7,12H,8-11,17H2,1-3H3. The fourth-order valence-corrected chi connectivity index (χ4v) is 3.25. The van der Waals surface area contributed by atoms with Crippen LogP contribution in [-0.2, 0) is 0 Å². The Morgan fingerprint density at radius 1 is 1.37 bits per heavy atom. The molecule has 106 valence electrons. The van der Waals surface area contributed by atoms with Crippen LogP contribution in [0.4, 0.5) is 5.69 Å². The summed E-state index contributed by atoms with van der Waals surface area (Å²) in [5.74, 6) is 0. The minimum atomic E-state index is 0.181. The van der Waals surface area contributed by atoms with Gasteiger partial charge in [0.1, 0.15) is 0 Å². The van der Waals surface area contributed by atoms with Crippen molar-refractivity contribution in [3.05, 3.63) is 28.7 Å². The molecule has 1 fully saturated rings.